The van der Waals surface area contributed by atoms with Gasteiger partial charge in [0.25, 0.3) is 0 Å². The van der Waals surface area contributed by atoms with Crippen molar-refractivity contribution in [2.24, 2.45) is 0 Å². The summed E-state index contributed by atoms with van der Waals surface area (Å²) in [4.78, 5) is 28.2. The number of hydrogen-bond acceptors (Lipinski definition) is 4. The Labute approximate surface area is 215 Å². The smallest absolute Gasteiger partial charge is 0.244 e. The molecule has 0 radical (unpaired) electrons. The molecule has 1 aliphatic carbocycles. The van der Waals surface area contributed by atoms with Gasteiger partial charge in [-0.25, -0.2) is 8.42 Å². The fraction of sp³-hybridized carbons (Fsp3) is 0.500. The summed E-state index contributed by atoms with van der Waals surface area (Å²) in [6, 6.07) is 16.4. The number of carbonyl (C=O) groups excluding carboxylic acids is 2. The maximum Gasteiger partial charge on any atom is 0.244 e. The summed E-state index contributed by atoms with van der Waals surface area (Å²) in [5.41, 5.74) is 2.56. The maximum absolute atomic E-state index is 13.6. The van der Waals surface area contributed by atoms with E-state index in [0.29, 0.717) is 24.6 Å². The summed E-state index contributed by atoms with van der Waals surface area (Å²) in [5, 5.41) is 3.08. The van der Waals surface area contributed by atoms with E-state index >= 15 is 0 Å². The molecule has 0 heterocycles. The topological polar surface area (TPSA) is 86.8 Å². The summed E-state index contributed by atoms with van der Waals surface area (Å²) in [6.45, 7) is 5.79. The zero-order chi connectivity index (χ0) is 26.3. The van der Waals surface area contributed by atoms with E-state index in [-0.39, 0.29) is 18.5 Å². The van der Waals surface area contributed by atoms with Crippen LogP contribution in [0.4, 0.5) is 5.69 Å². The lowest BCUT2D eigenvalue weighted by Crippen LogP contribution is -2.53. The lowest BCUT2D eigenvalue weighted by Gasteiger charge is -2.32. The standard InChI is InChI=1S/C28H39N3O4S/c1-21(2)24-14-16-26(17-15-24)31(36(4,34)35)20-27(32)30(19-18-23-10-6-5-7-11-23)22(3)28(33)29-25-12-8-9-13-25/h5-7,10-11,14-17,21-22,25H,8-9,12-13,18-20H2,1-4H3,(H,29,33). The van der Waals surface area contributed by atoms with E-state index in [1.807, 2.05) is 42.5 Å². The molecule has 196 valence electrons. The highest BCUT2D eigenvalue weighted by Gasteiger charge is 2.31. The van der Waals surface area contributed by atoms with Gasteiger partial charge in [0.2, 0.25) is 21.8 Å². The third-order valence-corrected chi connectivity index (χ3v) is 8.02. The van der Waals surface area contributed by atoms with E-state index in [1.165, 1.54) is 4.90 Å². The number of rotatable bonds is 11. The largest absolute Gasteiger partial charge is 0.352 e. The van der Waals surface area contributed by atoms with E-state index in [2.05, 4.69) is 19.2 Å². The van der Waals surface area contributed by atoms with Gasteiger partial charge in [-0.05, 0) is 55.4 Å². The number of hydrogen-bond donors (Lipinski definition) is 1. The van der Waals surface area contributed by atoms with Crippen molar-refractivity contribution in [1.82, 2.24) is 10.2 Å². The van der Waals surface area contributed by atoms with Crippen molar-refractivity contribution in [1.29, 1.82) is 0 Å². The van der Waals surface area contributed by atoms with Gasteiger partial charge in [-0.3, -0.25) is 13.9 Å². The molecule has 2 aromatic rings. The molecule has 1 aliphatic rings. The van der Waals surface area contributed by atoms with E-state index in [4.69, 9.17) is 0 Å². The molecule has 0 spiro atoms. The minimum atomic E-state index is -3.73. The number of anilines is 1. The minimum absolute atomic E-state index is 0.137. The second-order valence-corrected chi connectivity index (χ2v) is 11.9. The highest BCUT2D eigenvalue weighted by Crippen LogP contribution is 2.23. The molecule has 0 aromatic heterocycles. The lowest BCUT2D eigenvalue weighted by atomic mass is 10.0. The SMILES string of the molecule is CC(C)c1ccc(N(CC(=O)N(CCc2ccccc2)C(C)C(=O)NC2CCCC2)S(C)(=O)=O)cc1. The van der Waals surface area contributed by atoms with Crippen LogP contribution < -0.4 is 9.62 Å². The molecule has 8 heteroatoms. The van der Waals surface area contributed by atoms with Gasteiger partial charge in [0.15, 0.2) is 0 Å². The Bertz CT molecular complexity index is 1110. The van der Waals surface area contributed by atoms with Crippen molar-refractivity contribution in [3.63, 3.8) is 0 Å². The second kappa shape index (κ2) is 12.4. The van der Waals surface area contributed by atoms with E-state index in [1.54, 1.807) is 19.1 Å². The molecule has 3 rings (SSSR count). The molecule has 0 aliphatic heterocycles. The Morgan fingerprint density at radius 1 is 0.972 bits per heavy atom. The Hall–Kier alpha value is -2.87. The van der Waals surface area contributed by atoms with Crippen LogP contribution in [0.15, 0.2) is 54.6 Å². The molecule has 1 saturated carbocycles. The third-order valence-electron chi connectivity index (χ3n) is 6.88. The van der Waals surface area contributed by atoms with E-state index in [9.17, 15) is 18.0 Å². The first kappa shape index (κ1) is 27.7. The highest BCUT2D eigenvalue weighted by molar-refractivity contribution is 7.92. The van der Waals surface area contributed by atoms with Crippen LogP contribution in [0.25, 0.3) is 0 Å². The second-order valence-electron chi connectivity index (χ2n) is 10.0. The average molecular weight is 514 g/mol. The average Bonchev–Trinajstić information content (AvgIpc) is 3.35. The predicted octanol–water partition coefficient (Wildman–Crippen LogP) is 4.09. The van der Waals surface area contributed by atoms with Crippen LogP contribution in [-0.4, -0.2) is 56.6 Å². The Morgan fingerprint density at radius 2 is 1.58 bits per heavy atom. The number of benzene rings is 2. The summed E-state index contributed by atoms with van der Waals surface area (Å²) < 4.78 is 26.5. The number of nitrogens with zero attached hydrogens (tertiary/aromatic N) is 2. The van der Waals surface area contributed by atoms with Crippen molar-refractivity contribution in [3.8, 4) is 0 Å². The number of nitrogens with one attached hydrogen (secondary N) is 1. The molecule has 36 heavy (non-hydrogen) atoms. The van der Waals surface area contributed by atoms with Crippen molar-refractivity contribution < 1.29 is 18.0 Å². The van der Waals surface area contributed by atoms with E-state index < -0.39 is 22.0 Å². The molecule has 2 amide bonds. The van der Waals surface area contributed by atoms with Crippen LogP contribution in [0.2, 0.25) is 0 Å². The van der Waals surface area contributed by atoms with Crippen LogP contribution in [0.3, 0.4) is 0 Å². The van der Waals surface area contributed by atoms with Crippen LogP contribution in [0.1, 0.15) is 63.5 Å². The molecular weight excluding hydrogens is 474 g/mol. The fourth-order valence-corrected chi connectivity index (χ4v) is 5.45. The molecule has 0 saturated heterocycles. The summed E-state index contributed by atoms with van der Waals surface area (Å²) in [5.74, 6) is -0.297. The first-order valence-corrected chi connectivity index (χ1v) is 14.6. The Balaban J connectivity index is 1.82. The van der Waals surface area contributed by atoms with Gasteiger partial charge in [-0.2, -0.15) is 0 Å². The fourth-order valence-electron chi connectivity index (χ4n) is 4.60. The normalized spacial score (nSPS) is 15.0. The van der Waals surface area contributed by atoms with Gasteiger partial charge >= 0.3 is 0 Å². The number of carbonyl (C=O) groups is 2. The van der Waals surface area contributed by atoms with Crippen molar-refractivity contribution in [2.45, 2.75) is 70.9 Å². The number of amides is 2. The van der Waals surface area contributed by atoms with Crippen molar-refractivity contribution >= 4 is 27.5 Å². The van der Waals surface area contributed by atoms with Gasteiger partial charge in [0.05, 0.1) is 11.9 Å². The summed E-state index contributed by atoms with van der Waals surface area (Å²) in [7, 11) is -3.73. The minimum Gasteiger partial charge on any atom is -0.352 e. The zero-order valence-corrected chi connectivity index (χ0v) is 22.6. The van der Waals surface area contributed by atoms with Crippen LogP contribution in [-0.2, 0) is 26.0 Å². The molecule has 7 nitrogen and oxygen atoms in total. The third kappa shape index (κ3) is 7.56. The maximum atomic E-state index is 13.6. The van der Waals surface area contributed by atoms with E-state index in [0.717, 1.165) is 47.4 Å². The summed E-state index contributed by atoms with van der Waals surface area (Å²) in [6.07, 6.45) is 5.75. The molecule has 1 unspecified atom stereocenters. The first-order valence-electron chi connectivity index (χ1n) is 12.8. The van der Waals surface area contributed by atoms with Crippen molar-refractivity contribution in [2.75, 3.05) is 23.7 Å². The van der Waals surface area contributed by atoms with Gasteiger partial charge < -0.3 is 10.2 Å². The van der Waals surface area contributed by atoms with Crippen LogP contribution in [0.5, 0.6) is 0 Å². The molecule has 0 bridgehead atoms. The number of sulfonamides is 1. The Kier molecular flexibility index (Phi) is 9.54. The Morgan fingerprint density at radius 3 is 2.14 bits per heavy atom. The van der Waals surface area contributed by atoms with Crippen molar-refractivity contribution in [3.05, 3.63) is 65.7 Å². The molecule has 1 fully saturated rings. The first-order chi connectivity index (χ1) is 17.1. The van der Waals surface area contributed by atoms with Gasteiger partial charge in [-0.15, -0.1) is 0 Å². The molecule has 2 aromatic carbocycles. The zero-order valence-electron chi connectivity index (χ0n) is 21.8. The highest BCUT2D eigenvalue weighted by atomic mass is 32.2. The quantitative estimate of drug-likeness (QED) is 0.490. The molecule has 1 N–H and O–H groups in total. The predicted molar refractivity (Wildman–Crippen MR) is 144 cm³/mol. The lowest BCUT2D eigenvalue weighted by molar-refractivity contribution is -0.139. The monoisotopic (exact) mass is 513 g/mol. The summed E-state index contributed by atoms with van der Waals surface area (Å²) >= 11 is 0. The molecule has 1 atom stereocenters. The van der Waals surface area contributed by atoms with Gasteiger partial charge in [0, 0.05) is 12.6 Å². The van der Waals surface area contributed by atoms with Crippen LogP contribution in [0, 0.1) is 0 Å². The van der Waals surface area contributed by atoms with Gasteiger partial charge in [-0.1, -0.05) is 69.2 Å². The van der Waals surface area contributed by atoms with Gasteiger partial charge in [0.1, 0.15) is 12.6 Å². The molecular formula is C28H39N3O4S. The van der Waals surface area contributed by atoms with Crippen LogP contribution >= 0.6 is 0 Å².